The molecule has 5 nitrogen and oxygen atoms in total. The molecular weight excluding hydrogens is 356 g/mol. The van der Waals surface area contributed by atoms with Gasteiger partial charge in [0.15, 0.2) is 5.96 Å². The Labute approximate surface area is 165 Å². The topological polar surface area (TPSA) is 56.7 Å². The van der Waals surface area contributed by atoms with E-state index in [4.69, 9.17) is 0 Å². The SMILES string of the molecule is C=CCNC(=NCc1ccc(Sc2ccccc2)cc1)NCC(=O)N(C)C. The summed E-state index contributed by atoms with van der Waals surface area (Å²) in [4.78, 5) is 20.2. The van der Waals surface area contributed by atoms with Crippen molar-refractivity contribution in [3.05, 3.63) is 72.8 Å². The van der Waals surface area contributed by atoms with E-state index in [9.17, 15) is 4.79 Å². The van der Waals surface area contributed by atoms with Gasteiger partial charge in [-0.05, 0) is 29.8 Å². The summed E-state index contributed by atoms with van der Waals surface area (Å²) in [6.07, 6.45) is 1.75. The van der Waals surface area contributed by atoms with Crippen LogP contribution in [0.1, 0.15) is 5.56 Å². The fraction of sp³-hybridized carbons (Fsp3) is 0.238. The summed E-state index contributed by atoms with van der Waals surface area (Å²) in [7, 11) is 3.46. The van der Waals surface area contributed by atoms with Gasteiger partial charge in [-0.1, -0.05) is 48.2 Å². The van der Waals surface area contributed by atoms with Crippen LogP contribution in [0.4, 0.5) is 0 Å². The number of guanidine groups is 1. The maximum Gasteiger partial charge on any atom is 0.241 e. The molecule has 0 aromatic heterocycles. The number of carbonyl (C=O) groups is 1. The first-order chi connectivity index (χ1) is 13.1. The lowest BCUT2D eigenvalue weighted by atomic mass is 10.2. The fourth-order valence-electron chi connectivity index (χ4n) is 2.12. The van der Waals surface area contributed by atoms with E-state index >= 15 is 0 Å². The third kappa shape index (κ3) is 7.58. The van der Waals surface area contributed by atoms with Crippen molar-refractivity contribution >= 4 is 23.6 Å². The zero-order valence-electron chi connectivity index (χ0n) is 15.8. The second-order valence-corrected chi connectivity index (χ2v) is 7.18. The highest BCUT2D eigenvalue weighted by Gasteiger charge is 2.05. The Hall–Kier alpha value is -2.73. The lowest BCUT2D eigenvalue weighted by Gasteiger charge is -2.14. The molecule has 0 atom stereocenters. The van der Waals surface area contributed by atoms with Gasteiger partial charge in [-0.15, -0.1) is 6.58 Å². The number of likely N-dealkylation sites (N-methyl/N-ethyl adjacent to an activating group) is 1. The van der Waals surface area contributed by atoms with Crippen LogP contribution in [0.15, 0.2) is 82.0 Å². The molecule has 2 rings (SSSR count). The Morgan fingerprint density at radius 3 is 2.37 bits per heavy atom. The summed E-state index contributed by atoms with van der Waals surface area (Å²) in [5.74, 6) is 0.582. The molecule has 0 aliphatic carbocycles. The number of hydrogen-bond donors (Lipinski definition) is 2. The molecule has 2 N–H and O–H groups in total. The van der Waals surface area contributed by atoms with E-state index in [0.717, 1.165) is 5.56 Å². The number of rotatable bonds is 8. The van der Waals surface area contributed by atoms with Crippen molar-refractivity contribution in [3.63, 3.8) is 0 Å². The molecular formula is C21H26N4OS. The Kier molecular flexibility index (Phi) is 8.45. The largest absolute Gasteiger partial charge is 0.353 e. The minimum absolute atomic E-state index is 0.00890. The summed E-state index contributed by atoms with van der Waals surface area (Å²) >= 11 is 1.73. The van der Waals surface area contributed by atoms with Crippen molar-refractivity contribution in [3.8, 4) is 0 Å². The zero-order chi connectivity index (χ0) is 19.5. The molecule has 0 aliphatic heterocycles. The van der Waals surface area contributed by atoms with Crippen molar-refractivity contribution in [1.82, 2.24) is 15.5 Å². The second-order valence-electron chi connectivity index (χ2n) is 6.04. The van der Waals surface area contributed by atoms with Crippen molar-refractivity contribution in [2.24, 2.45) is 4.99 Å². The maximum atomic E-state index is 11.7. The average Bonchev–Trinajstić information content (AvgIpc) is 2.69. The normalized spacial score (nSPS) is 11.0. The third-order valence-electron chi connectivity index (χ3n) is 3.64. The molecule has 1 amide bonds. The van der Waals surface area contributed by atoms with Crippen LogP contribution >= 0.6 is 11.8 Å². The highest BCUT2D eigenvalue weighted by molar-refractivity contribution is 7.99. The highest BCUT2D eigenvalue weighted by Crippen LogP contribution is 2.27. The van der Waals surface area contributed by atoms with Gasteiger partial charge in [0, 0.05) is 30.4 Å². The fourth-order valence-corrected chi connectivity index (χ4v) is 2.96. The van der Waals surface area contributed by atoms with E-state index in [-0.39, 0.29) is 12.5 Å². The summed E-state index contributed by atoms with van der Waals surface area (Å²) in [6.45, 7) is 5.00. The van der Waals surface area contributed by atoms with E-state index in [1.54, 1.807) is 36.8 Å². The van der Waals surface area contributed by atoms with Crippen molar-refractivity contribution in [1.29, 1.82) is 0 Å². The molecule has 0 heterocycles. The minimum Gasteiger partial charge on any atom is -0.353 e. The number of nitrogens with zero attached hydrogens (tertiary/aromatic N) is 2. The van der Waals surface area contributed by atoms with Gasteiger partial charge in [0.05, 0.1) is 13.1 Å². The standard InChI is InChI=1S/C21H26N4OS/c1-4-14-22-21(24-16-20(26)25(2)3)23-15-17-10-12-19(13-11-17)27-18-8-6-5-7-9-18/h4-13H,1,14-16H2,2-3H3,(H2,22,23,24). The predicted molar refractivity (Wildman–Crippen MR) is 113 cm³/mol. The summed E-state index contributed by atoms with van der Waals surface area (Å²) in [5, 5.41) is 6.17. The van der Waals surface area contributed by atoms with E-state index in [2.05, 4.69) is 58.6 Å². The summed E-state index contributed by atoms with van der Waals surface area (Å²) < 4.78 is 0. The molecule has 142 valence electrons. The van der Waals surface area contributed by atoms with Gasteiger partial charge in [0.25, 0.3) is 0 Å². The van der Waals surface area contributed by atoms with Crippen molar-refractivity contribution in [2.75, 3.05) is 27.2 Å². The van der Waals surface area contributed by atoms with Crippen LogP contribution in [0, 0.1) is 0 Å². The number of hydrogen-bond acceptors (Lipinski definition) is 3. The molecule has 2 aromatic rings. The predicted octanol–water partition coefficient (Wildman–Crippen LogP) is 3.15. The van der Waals surface area contributed by atoms with Crippen LogP contribution in [0.5, 0.6) is 0 Å². The minimum atomic E-state index is -0.00890. The van der Waals surface area contributed by atoms with E-state index in [1.165, 1.54) is 9.79 Å². The van der Waals surface area contributed by atoms with Gasteiger partial charge in [0.2, 0.25) is 5.91 Å². The lowest BCUT2D eigenvalue weighted by Crippen LogP contribution is -2.43. The van der Waals surface area contributed by atoms with Gasteiger partial charge in [0.1, 0.15) is 0 Å². The maximum absolute atomic E-state index is 11.7. The van der Waals surface area contributed by atoms with Crippen LogP contribution in [-0.2, 0) is 11.3 Å². The van der Waals surface area contributed by atoms with Crippen LogP contribution in [0.2, 0.25) is 0 Å². The Balaban J connectivity index is 1.95. The van der Waals surface area contributed by atoms with Gasteiger partial charge < -0.3 is 15.5 Å². The summed E-state index contributed by atoms with van der Waals surface area (Å²) in [6, 6.07) is 18.6. The molecule has 2 aromatic carbocycles. The van der Waals surface area contributed by atoms with Crippen LogP contribution < -0.4 is 10.6 Å². The van der Waals surface area contributed by atoms with Crippen LogP contribution in [-0.4, -0.2) is 44.0 Å². The second kappa shape index (κ2) is 11.1. The first-order valence-electron chi connectivity index (χ1n) is 8.73. The molecule has 0 bridgehead atoms. The molecule has 6 heteroatoms. The molecule has 0 saturated heterocycles. The zero-order valence-corrected chi connectivity index (χ0v) is 16.6. The molecule has 27 heavy (non-hydrogen) atoms. The molecule has 0 fully saturated rings. The van der Waals surface area contributed by atoms with Crippen LogP contribution in [0.25, 0.3) is 0 Å². The van der Waals surface area contributed by atoms with E-state index < -0.39 is 0 Å². The Bertz CT molecular complexity index is 758. The van der Waals surface area contributed by atoms with Gasteiger partial charge in [-0.3, -0.25) is 4.79 Å². The summed E-state index contributed by atoms with van der Waals surface area (Å²) in [5.41, 5.74) is 1.10. The van der Waals surface area contributed by atoms with Crippen molar-refractivity contribution < 1.29 is 4.79 Å². The molecule has 0 saturated carbocycles. The first-order valence-corrected chi connectivity index (χ1v) is 9.55. The number of benzene rings is 2. The quantitative estimate of drug-likeness (QED) is 0.418. The van der Waals surface area contributed by atoms with Crippen molar-refractivity contribution in [2.45, 2.75) is 16.3 Å². The first kappa shape index (κ1) is 20.6. The van der Waals surface area contributed by atoms with Gasteiger partial charge >= 0.3 is 0 Å². The number of nitrogens with one attached hydrogen (secondary N) is 2. The lowest BCUT2D eigenvalue weighted by molar-refractivity contribution is -0.127. The van der Waals surface area contributed by atoms with Crippen LogP contribution in [0.3, 0.4) is 0 Å². The third-order valence-corrected chi connectivity index (χ3v) is 4.66. The van der Waals surface area contributed by atoms with Gasteiger partial charge in [-0.25, -0.2) is 4.99 Å². The molecule has 0 spiro atoms. The van der Waals surface area contributed by atoms with Gasteiger partial charge in [-0.2, -0.15) is 0 Å². The molecule has 0 aliphatic rings. The number of carbonyl (C=O) groups excluding carboxylic acids is 1. The number of aliphatic imine (C=N–C) groups is 1. The number of amides is 1. The highest BCUT2D eigenvalue weighted by atomic mass is 32.2. The molecule has 0 unspecified atom stereocenters. The van der Waals surface area contributed by atoms with E-state index in [0.29, 0.717) is 19.0 Å². The average molecular weight is 383 g/mol. The monoisotopic (exact) mass is 382 g/mol. The Morgan fingerprint density at radius 2 is 1.74 bits per heavy atom. The van der Waals surface area contributed by atoms with E-state index in [1.807, 2.05) is 18.2 Å². The smallest absolute Gasteiger partial charge is 0.241 e. The Morgan fingerprint density at radius 1 is 1.07 bits per heavy atom. The molecule has 0 radical (unpaired) electrons.